The molecule has 0 N–H and O–H groups in total. The molecule has 8 nitrogen and oxygen atoms in total. The van der Waals surface area contributed by atoms with Crippen LogP contribution in [0.5, 0.6) is 0 Å². The summed E-state index contributed by atoms with van der Waals surface area (Å²) in [6.07, 6.45) is 1.47. The molecule has 3 aromatic rings. The van der Waals surface area contributed by atoms with Crippen molar-refractivity contribution in [2.75, 3.05) is 37.7 Å². The topological polar surface area (TPSA) is 84.7 Å². The molecule has 2 heterocycles. The Morgan fingerprint density at radius 2 is 1.66 bits per heavy atom. The molecule has 9 heteroatoms. The van der Waals surface area contributed by atoms with Gasteiger partial charge in [-0.15, -0.1) is 0 Å². The fraction of sp³-hybridized carbons (Fsp3) is 0.308. The number of anilines is 1. The van der Waals surface area contributed by atoms with Gasteiger partial charge >= 0.3 is 5.97 Å². The van der Waals surface area contributed by atoms with Crippen molar-refractivity contribution in [3.63, 3.8) is 0 Å². The van der Waals surface area contributed by atoms with Gasteiger partial charge in [0, 0.05) is 37.3 Å². The van der Waals surface area contributed by atoms with Gasteiger partial charge in [-0.1, -0.05) is 0 Å². The fourth-order valence-electron chi connectivity index (χ4n) is 4.14. The maximum absolute atomic E-state index is 14.5. The van der Waals surface area contributed by atoms with E-state index in [4.69, 9.17) is 4.74 Å². The summed E-state index contributed by atoms with van der Waals surface area (Å²) in [5, 5.41) is 4.28. The number of hydrogen-bond donors (Lipinski definition) is 0. The molecule has 1 aliphatic rings. The molecule has 0 aliphatic carbocycles. The van der Waals surface area contributed by atoms with Crippen molar-refractivity contribution in [3.8, 4) is 5.69 Å². The number of carbonyl (C=O) groups excluding carboxylic acids is 3. The van der Waals surface area contributed by atoms with Crippen LogP contribution in [-0.2, 0) is 4.74 Å². The van der Waals surface area contributed by atoms with Crippen molar-refractivity contribution in [2.45, 2.75) is 20.8 Å². The summed E-state index contributed by atoms with van der Waals surface area (Å²) in [6, 6.07) is 11.5. The number of ether oxygens (including phenoxy) is 1. The van der Waals surface area contributed by atoms with E-state index in [1.165, 1.54) is 19.2 Å². The van der Waals surface area contributed by atoms with Gasteiger partial charge in [0.15, 0.2) is 5.78 Å². The number of aromatic nitrogens is 2. The molecular formula is C26H27FN4O4. The first-order valence-electron chi connectivity index (χ1n) is 11.5. The molecule has 1 aliphatic heterocycles. The number of carbonyl (C=O) groups is 3. The third-order valence-electron chi connectivity index (χ3n) is 6.13. The van der Waals surface area contributed by atoms with Gasteiger partial charge < -0.3 is 14.5 Å². The predicted molar refractivity (Wildman–Crippen MR) is 129 cm³/mol. The van der Waals surface area contributed by atoms with E-state index in [0.717, 1.165) is 5.69 Å². The highest BCUT2D eigenvalue weighted by atomic mass is 19.1. The first-order valence-corrected chi connectivity index (χ1v) is 11.5. The van der Waals surface area contributed by atoms with Crippen molar-refractivity contribution in [2.24, 2.45) is 0 Å². The summed E-state index contributed by atoms with van der Waals surface area (Å²) in [7, 11) is 0. The molecule has 35 heavy (non-hydrogen) atoms. The zero-order valence-corrected chi connectivity index (χ0v) is 20.0. The van der Waals surface area contributed by atoms with Crippen molar-refractivity contribution < 1.29 is 23.5 Å². The lowest BCUT2D eigenvalue weighted by atomic mass is 10.1. The van der Waals surface area contributed by atoms with Crippen molar-refractivity contribution in [1.82, 2.24) is 14.7 Å². The second kappa shape index (κ2) is 10.1. The van der Waals surface area contributed by atoms with Gasteiger partial charge in [-0.3, -0.25) is 9.59 Å². The van der Waals surface area contributed by atoms with Crippen LogP contribution in [0.25, 0.3) is 5.69 Å². The van der Waals surface area contributed by atoms with Gasteiger partial charge in [0.05, 0.1) is 29.9 Å². The van der Waals surface area contributed by atoms with E-state index in [2.05, 4.69) is 5.10 Å². The largest absolute Gasteiger partial charge is 0.462 e. The molecule has 4 rings (SSSR count). The monoisotopic (exact) mass is 478 g/mol. The number of Topliss-reactive ketones (excluding diaryl/α,β-unsaturated/α-hetero) is 1. The zero-order chi connectivity index (χ0) is 25.1. The van der Waals surface area contributed by atoms with E-state index >= 15 is 0 Å². The molecule has 0 bridgehead atoms. The molecule has 1 amide bonds. The van der Waals surface area contributed by atoms with E-state index in [0.29, 0.717) is 54.3 Å². The first-order chi connectivity index (χ1) is 16.8. The number of ketones is 1. The fourth-order valence-corrected chi connectivity index (χ4v) is 4.14. The van der Waals surface area contributed by atoms with Gasteiger partial charge in [0.25, 0.3) is 5.91 Å². The van der Waals surface area contributed by atoms with Gasteiger partial charge in [-0.2, -0.15) is 5.10 Å². The molecule has 1 fully saturated rings. The molecule has 1 aromatic heterocycles. The predicted octanol–water partition coefficient (Wildman–Crippen LogP) is 3.66. The third-order valence-corrected chi connectivity index (χ3v) is 6.13. The lowest BCUT2D eigenvalue weighted by Crippen LogP contribution is -2.49. The lowest BCUT2D eigenvalue weighted by molar-refractivity contribution is 0.0525. The van der Waals surface area contributed by atoms with Gasteiger partial charge in [0.2, 0.25) is 0 Å². The average Bonchev–Trinajstić information content (AvgIpc) is 3.25. The Kier molecular flexibility index (Phi) is 6.95. The maximum Gasteiger partial charge on any atom is 0.341 e. The molecule has 182 valence electrons. The Morgan fingerprint density at radius 3 is 2.26 bits per heavy atom. The normalized spacial score (nSPS) is 13.6. The second-order valence-corrected chi connectivity index (χ2v) is 8.32. The van der Waals surface area contributed by atoms with Crippen LogP contribution in [0.2, 0.25) is 0 Å². The summed E-state index contributed by atoms with van der Waals surface area (Å²) < 4.78 is 21.2. The number of piperazine rings is 1. The minimum Gasteiger partial charge on any atom is -0.462 e. The molecule has 0 radical (unpaired) electrons. The smallest absolute Gasteiger partial charge is 0.341 e. The van der Waals surface area contributed by atoms with Crippen LogP contribution >= 0.6 is 0 Å². The summed E-state index contributed by atoms with van der Waals surface area (Å²) in [4.78, 5) is 40.1. The maximum atomic E-state index is 14.5. The molecule has 1 saturated heterocycles. The quantitative estimate of drug-likeness (QED) is 0.397. The second-order valence-electron chi connectivity index (χ2n) is 8.32. The molecule has 0 atom stereocenters. The molecular weight excluding hydrogens is 451 g/mol. The Bertz CT molecular complexity index is 1260. The number of benzene rings is 2. The minimum atomic E-state index is -0.437. The highest BCUT2D eigenvalue weighted by Gasteiger charge is 2.24. The van der Waals surface area contributed by atoms with Crippen molar-refractivity contribution in [3.05, 3.63) is 76.9 Å². The Morgan fingerprint density at radius 1 is 1.00 bits per heavy atom. The SMILES string of the molecule is CCOC(=O)c1cnn(-c2ccc(C(=O)N3CCN(c4ccc(C(C)=O)cc4F)CC3)cc2)c1C. The van der Waals surface area contributed by atoms with Gasteiger partial charge in [-0.05, 0) is 63.2 Å². The standard InChI is InChI=1S/C26H27FN4O4/c1-4-35-26(34)22-16-28-31(17(22)2)21-8-5-19(6-9-21)25(33)30-13-11-29(12-14-30)24-10-7-20(18(3)32)15-23(24)27/h5-10,15-16H,4,11-14H2,1-3H3. The highest BCUT2D eigenvalue weighted by Crippen LogP contribution is 2.23. The van der Waals surface area contributed by atoms with Crippen LogP contribution in [0, 0.1) is 12.7 Å². The zero-order valence-electron chi connectivity index (χ0n) is 20.0. The molecule has 2 aromatic carbocycles. The van der Waals surface area contributed by atoms with E-state index in [1.807, 2.05) is 4.90 Å². The Balaban J connectivity index is 1.41. The summed E-state index contributed by atoms with van der Waals surface area (Å²) in [5.74, 6) is -1.14. The van der Waals surface area contributed by atoms with Crippen LogP contribution in [0.3, 0.4) is 0 Å². The third kappa shape index (κ3) is 4.94. The number of hydrogen-bond acceptors (Lipinski definition) is 6. The Hall–Kier alpha value is -4.01. The molecule has 0 spiro atoms. The van der Waals surface area contributed by atoms with Crippen molar-refractivity contribution >= 4 is 23.3 Å². The number of nitrogens with zero attached hydrogens (tertiary/aromatic N) is 4. The lowest BCUT2D eigenvalue weighted by Gasteiger charge is -2.36. The number of esters is 1. The Labute approximate surface area is 202 Å². The summed E-state index contributed by atoms with van der Waals surface area (Å²) in [6.45, 7) is 7.11. The van der Waals surface area contributed by atoms with Gasteiger partial charge in [0.1, 0.15) is 11.4 Å². The number of halogens is 1. The van der Waals surface area contributed by atoms with Crippen LogP contribution in [-0.4, -0.2) is 65.1 Å². The van der Waals surface area contributed by atoms with Crippen LogP contribution in [0.15, 0.2) is 48.7 Å². The van der Waals surface area contributed by atoms with Crippen molar-refractivity contribution in [1.29, 1.82) is 0 Å². The first kappa shape index (κ1) is 24.1. The summed E-state index contributed by atoms with van der Waals surface area (Å²) >= 11 is 0. The molecule has 0 unspecified atom stereocenters. The molecule has 0 saturated carbocycles. The number of rotatable bonds is 6. The van der Waals surface area contributed by atoms with Gasteiger partial charge in [-0.25, -0.2) is 13.9 Å². The average molecular weight is 479 g/mol. The van der Waals surface area contributed by atoms with E-state index in [9.17, 15) is 18.8 Å². The van der Waals surface area contributed by atoms with Crippen LogP contribution in [0.1, 0.15) is 50.6 Å². The van der Waals surface area contributed by atoms with Crippen LogP contribution in [0.4, 0.5) is 10.1 Å². The van der Waals surface area contributed by atoms with E-state index in [1.54, 1.807) is 59.8 Å². The van der Waals surface area contributed by atoms with E-state index in [-0.39, 0.29) is 18.3 Å². The number of amides is 1. The minimum absolute atomic E-state index is 0.104. The van der Waals surface area contributed by atoms with E-state index < -0.39 is 11.8 Å². The summed E-state index contributed by atoms with van der Waals surface area (Å²) in [5.41, 5.74) is 3.09. The highest BCUT2D eigenvalue weighted by molar-refractivity contribution is 5.95. The van der Waals surface area contributed by atoms with Crippen LogP contribution < -0.4 is 4.90 Å².